The van der Waals surface area contributed by atoms with Crippen LogP contribution in [0, 0.1) is 13.8 Å². The molecule has 1 amide bonds. The summed E-state index contributed by atoms with van der Waals surface area (Å²) < 4.78 is 1.75. The molecule has 0 spiro atoms. The Bertz CT molecular complexity index is 755. The molecule has 4 rings (SSSR count). The van der Waals surface area contributed by atoms with Crippen molar-refractivity contribution in [2.24, 2.45) is 0 Å². The van der Waals surface area contributed by atoms with E-state index in [1.807, 2.05) is 36.1 Å². The molecule has 25 heavy (non-hydrogen) atoms. The molecule has 1 aliphatic heterocycles. The van der Waals surface area contributed by atoms with Crippen LogP contribution in [0.15, 0.2) is 24.3 Å². The molecule has 0 bridgehead atoms. The van der Waals surface area contributed by atoms with E-state index in [-0.39, 0.29) is 5.91 Å². The van der Waals surface area contributed by atoms with Gasteiger partial charge in [-0.1, -0.05) is 29.3 Å². The summed E-state index contributed by atoms with van der Waals surface area (Å²) in [6.45, 7) is 7.48. The van der Waals surface area contributed by atoms with Crippen LogP contribution in [0.4, 0.5) is 0 Å². The Morgan fingerprint density at radius 2 is 1.72 bits per heavy atom. The first-order valence-corrected chi connectivity index (χ1v) is 9.16. The van der Waals surface area contributed by atoms with E-state index in [1.54, 1.807) is 4.68 Å². The Balaban J connectivity index is 1.46. The van der Waals surface area contributed by atoms with E-state index in [0.29, 0.717) is 5.69 Å². The zero-order chi connectivity index (χ0) is 17.4. The van der Waals surface area contributed by atoms with Gasteiger partial charge in [-0.05, 0) is 38.8 Å². The quantitative estimate of drug-likeness (QED) is 0.860. The minimum atomic E-state index is 0.00382. The fourth-order valence-electron chi connectivity index (χ4n) is 3.65. The van der Waals surface area contributed by atoms with Crippen molar-refractivity contribution in [1.29, 1.82) is 0 Å². The number of nitrogens with zero attached hydrogens (tertiary/aromatic N) is 5. The molecule has 0 N–H and O–H groups in total. The summed E-state index contributed by atoms with van der Waals surface area (Å²) >= 11 is 0. The molecule has 6 heteroatoms. The number of carbonyl (C=O) groups is 1. The molecule has 1 saturated carbocycles. The largest absolute Gasteiger partial charge is 0.335 e. The van der Waals surface area contributed by atoms with Crippen LogP contribution >= 0.6 is 0 Å². The standard InChI is InChI=1S/C19H25N5O/c1-14-6-8-17(9-7-14)24-15(2)18(20-21-24)19(25)23-12-10-22(11-13-23)16-4-3-5-16/h6-9,16H,3-5,10-13H2,1-2H3. The smallest absolute Gasteiger partial charge is 0.276 e. The normalized spacial score (nSPS) is 19.0. The Hall–Kier alpha value is -2.21. The summed E-state index contributed by atoms with van der Waals surface area (Å²) in [6, 6.07) is 8.84. The van der Waals surface area contributed by atoms with Crippen LogP contribution < -0.4 is 0 Å². The van der Waals surface area contributed by atoms with Gasteiger partial charge in [-0.25, -0.2) is 4.68 Å². The van der Waals surface area contributed by atoms with Crippen molar-refractivity contribution in [3.8, 4) is 5.69 Å². The highest BCUT2D eigenvalue weighted by atomic mass is 16.2. The monoisotopic (exact) mass is 339 g/mol. The summed E-state index contributed by atoms with van der Waals surface area (Å²) in [5.74, 6) is 0.00382. The number of aryl methyl sites for hydroxylation is 1. The van der Waals surface area contributed by atoms with Gasteiger partial charge in [-0.2, -0.15) is 0 Å². The summed E-state index contributed by atoms with van der Waals surface area (Å²) in [5.41, 5.74) is 3.40. The Morgan fingerprint density at radius 1 is 1.04 bits per heavy atom. The first kappa shape index (κ1) is 16.3. The Kier molecular flexibility index (Phi) is 4.29. The summed E-state index contributed by atoms with van der Waals surface area (Å²) in [7, 11) is 0. The van der Waals surface area contributed by atoms with Crippen molar-refractivity contribution < 1.29 is 4.79 Å². The third-order valence-corrected chi connectivity index (χ3v) is 5.57. The first-order chi connectivity index (χ1) is 12.1. The van der Waals surface area contributed by atoms with Gasteiger partial charge in [0.2, 0.25) is 0 Å². The summed E-state index contributed by atoms with van der Waals surface area (Å²) in [4.78, 5) is 17.3. The number of hydrogen-bond acceptors (Lipinski definition) is 4. The highest BCUT2D eigenvalue weighted by molar-refractivity contribution is 5.93. The zero-order valence-electron chi connectivity index (χ0n) is 15.0. The molecule has 1 aliphatic carbocycles. The summed E-state index contributed by atoms with van der Waals surface area (Å²) in [6.07, 6.45) is 3.99. The predicted molar refractivity (Wildman–Crippen MR) is 95.9 cm³/mol. The predicted octanol–water partition coefficient (Wildman–Crippen LogP) is 2.19. The average molecular weight is 339 g/mol. The van der Waals surface area contributed by atoms with E-state index in [9.17, 15) is 4.79 Å². The fraction of sp³-hybridized carbons (Fsp3) is 0.526. The van der Waals surface area contributed by atoms with Crippen LogP contribution in [0.5, 0.6) is 0 Å². The van der Waals surface area contributed by atoms with Gasteiger partial charge in [0.25, 0.3) is 5.91 Å². The van der Waals surface area contributed by atoms with E-state index in [0.717, 1.165) is 43.6 Å². The van der Waals surface area contributed by atoms with Crippen LogP contribution in [0.3, 0.4) is 0 Å². The fourth-order valence-corrected chi connectivity index (χ4v) is 3.65. The maximum Gasteiger partial charge on any atom is 0.276 e. The zero-order valence-corrected chi connectivity index (χ0v) is 15.0. The minimum Gasteiger partial charge on any atom is -0.335 e. The highest BCUT2D eigenvalue weighted by Gasteiger charge is 2.31. The van der Waals surface area contributed by atoms with Crippen molar-refractivity contribution in [1.82, 2.24) is 24.8 Å². The van der Waals surface area contributed by atoms with Gasteiger partial charge in [0, 0.05) is 32.2 Å². The van der Waals surface area contributed by atoms with Crippen LogP contribution in [-0.2, 0) is 0 Å². The number of aromatic nitrogens is 3. The van der Waals surface area contributed by atoms with E-state index in [2.05, 4.69) is 22.1 Å². The first-order valence-electron chi connectivity index (χ1n) is 9.16. The topological polar surface area (TPSA) is 54.3 Å². The minimum absolute atomic E-state index is 0.00382. The number of benzene rings is 1. The molecule has 2 heterocycles. The molecular weight excluding hydrogens is 314 g/mol. The second-order valence-corrected chi connectivity index (χ2v) is 7.18. The molecule has 2 aromatic rings. The maximum absolute atomic E-state index is 12.9. The Morgan fingerprint density at radius 3 is 2.32 bits per heavy atom. The van der Waals surface area contributed by atoms with E-state index in [1.165, 1.54) is 24.8 Å². The van der Waals surface area contributed by atoms with Gasteiger partial charge in [-0.15, -0.1) is 5.10 Å². The second kappa shape index (κ2) is 6.59. The van der Waals surface area contributed by atoms with Crippen molar-refractivity contribution in [2.45, 2.75) is 39.2 Å². The van der Waals surface area contributed by atoms with E-state index >= 15 is 0 Å². The highest BCUT2D eigenvalue weighted by Crippen LogP contribution is 2.26. The van der Waals surface area contributed by atoms with Crippen LogP contribution in [-0.4, -0.2) is 62.9 Å². The lowest BCUT2D eigenvalue weighted by atomic mass is 9.91. The molecular formula is C19H25N5O. The molecule has 0 atom stereocenters. The third kappa shape index (κ3) is 3.06. The van der Waals surface area contributed by atoms with Crippen LogP contribution in [0.25, 0.3) is 5.69 Å². The summed E-state index contributed by atoms with van der Waals surface area (Å²) in [5, 5.41) is 8.39. The molecule has 6 nitrogen and oxygen atoms in total. The average Bonchev–Trinajstić information content (AvgIpc) is 2.96. The van der Waals surface area contributed by atoms with Crippen LogP contribution in [0.2, 0.25) is 0 Å². The van der Waals surface area contributed by atoms with Crippen molar-refractivity contribution in [3.63, 3.8) is 0 Å². The van der Waals surface area contributed by atoms with Gasteiger partial charge in [0.05, 0.1) is 11.4 Å². The molecule has 0 radical (unpaired) electrons. The Labute approximate surface area is 148 Å². The van der Waals surface area contributed by atoms with Gasteiger partial charge in [-0.3, -0.25) is 9.69 Å². The molecule has 1 saturated heterocycles. The SMILES string of the molecule is Cc1ccc(-n2nnc(C(=O)N3CCN(C4CCC4)CC3)c2C)cc1. The maximum atomic E-state index is 12.9. The van der Waals surface area contributed by atoms with Crippen LogP contribution in [0.1, 0.15) is 41.0 Å². The number of rotatable bonds is 3. The van der Waals surface area contributed by atoms with Gasteiger partial charge >= 0.3 is 0 Å². The number of amides is 1. The third-order valence-electron chi connectivity index (χ3n) is 5.57. The lowest BCUT2D eigenvalue weighted by molar-refractivity contribution is 0.0450. The number of hydrogen-bond donors (Lipinski definition) is 0. The molecule has 1 aromatic carbocycles. The van der Waals surface area contributed by atoms with E-state index < -0.39 is 0 Å². The molecule has 0 unspecified atom stereocenters. The van der Waals surface area contributed by atoms with Gasteiger partial charge < -0.3 is 4.90 Å². The molecule has 132 valence electrons. The molecule has 2 aliphatic rings. The van der Waals surface area contributed by atoms with Crippen molar-refractivity contribution >= 4 is 5.91 Å². The second-order valence-electron chi connectivity index (χ2n) is 7.18. The number of piperazine rings is 1. The van der Waals surface area contributed by atoms with Gasteiger partial charge in [0.1, 0.15) is 0 Å². The lowest BCUT2D eigenvalue weighted by Gasteiger charge is -2.42. The number of carbonyl (C=O) groups excluding carboxylic acids is 1. The van der Waals surface area contributed by atoms with Crippen molar-refractivity contribution in [2.75, 3.05) is 26.2 Å². The lowest BCUT2D eigenvalue weighted by Crippen LogP contribution is -2.53. The van der Waals surface area contributed by atoms with Crippen molar-refractivity contribution in [3.05, 3.63) is 41.2 Å². The van der Waals surface area contributed by atoms with Gasteiger partial charge in [0.15, 0.2) is 5.69 Å². The molecule has 1 aromatic heterocycles. The van der Waals surface area contributed by atoms with E-state index in [4.69, 9.17) is 0 Å². The molecule has 2 fully saturated rings.